The largest absolute Gasteiger partial charge is 0.369 e. The third kappa shape index (κ3) is 2.80. The summed E-state index contributed by atoms with van der Waals surface area (Å²) in [6.07, 6.45) is 4.58. The summed E-state index contributed by atoms with van der Waals surface area (Å²) in [6, 6.07) is 0. The highest BCUT2D eigenvalue weighted by molar-refractivity contribution is 5.79. The van der Waals surface area contributed by atoms with E-state index in [1.54, 1.807) is 6.92 Å². The topological polar surface area (TPSA) is 29.6 Å². The summed E-state index contributed by atoms with van der Waals surface area (Å²) in [5.74, 6) is 0.426. The highest BCUT2D eigenvalue weighted by atomic mass is 16.6. The minimum absolute atomic E-state index is 0.112. The highest BCUT2D eigenvalue weighted by Gasteiger charge is 2.48. The van der Waals surface area contributed by atoms with Crippen LogP contribution in [0.15, 0.2) is 0 Å². The van der Waals surface area contributed by atoms with Gasteiger partial charge in [0.05, 0.1) is 12.2 Å². The van der Waals surface area contributed by atoms with Crippen LogP contribution in [0.5, 0.6) is 0 Å². The van der Waals surface area contributed by atoms with E-state index >= 15 is 0 Å². The van der Waals surface area contributed by atoms with E-state index in [0.717, 1.165) is 19.4 Å². The zero-order valence-corrected chi connectivity index (χ0v) is 8.93. The predicted molar refractivity (Wildman–Crippen MR) is 52.7 cm³/mol. The predicted octanol–water partition coefficient (Wildman–Crippen LogP) is 2.56. The third-order valence-corrected chi connectivity index (χ3v) is 2.92. The normalized spacial score (nSPS) is 28.5. The minimum Gasteiger partial charge on any atom is -0.369 e. The van der Waals surface area contributed by atoms with Crippen molar-refractivity contribution in [3.8, 4) is 0 Å². The average molecular weight is 184 g/mol. The van der Waals surface area contributed by atoms with Gasteiger partial charge in [0.25, 0.3) is 0 Å². The van der Waals surface area contributed by atoms with Gasteiger partial charge in [0.15, 0.2) is 0 Å². The fourth-order valence-electron chi connectivity index (χ4n) is 1.85. The first-order chi connectivity index (χ1) is 6.10. The Bertz CT molecular complexity index is 183. The Morgan fingerprint density at radius 2 is 2.15 bits per heavy atom. The maximum Gasteiger partial charge on any atom is 0.135 e. The summed E-state index contributed by atoms with van der Waals surface area (Å²) in [7, 11) is 0. The van der Waals surface area contributed by atoms with E-state index in [1.807, 2.05) is 6.92 Å². The van der Waals surface area contributed by atoms with Gasteiger partial charge in [0.1, 0.15) is 5.78 Å². The molecule has 1 aliphatic rings. The Labute approximate surface area is 80.7 Å². The fourth-order valence-corrected chi connectivity index (χ4v) is 1.85. The van der Waals surface area contributed by atoms with E-state index < -0.39 is 0 Å². The van der Waals surface area contributed by atoms with E-state index in [-0.39, 0.29) is 17.3 Å². The first kappa shape index (κ1) is 10.7. The van der Waals surface area contributed by atoms with Gasteiger partial charge in [0.2, 0.25) is 0 Å². The molecule has 2 heteroatoms. The first-order valence-electron chi connectivity index (χ1n) is 5.24. The molecule has 0 saturated carbocycles. The number of rotatable bonds is 6. The number of unbranched alkanes of at least 4 members (excludes halogenated alkanes) is 2. The fraction of sp³-hybridized carbons (Fsp3) is 0.909. The van der Waals surface area contributed by atoms with E-state index in [0.29, 0.717) is 0 Å². The van der Waals surface area contributed by atoms with Crippen molar-refractivity contribution in [1.82, 2.24) is 0 Å². The molecule has 1 saturated heterocycles. The second-order valence-corrected chi connectivity index (χ2v) is 4.26. The zero-order valence-electron chi connectivity index (χ0n) is 8.93. The van der Waals surface area contributed by atoms with Gasteiger partial charge in [-0.3, -0.25) is 4.79 Å². The number of epoxide rings is 1. The Hall–Kier alpha value is -0.370. The van der Waals surface area contributed by atoms with Gasteiger partial charge < -0.3 is 4.74 Å². The van der Waals surface area contributed by atoms with Gasteiger partial charge in [0, 0.05) is 5.92 Å². The quantitative estimate of drug-likeness (QED) is 0.469. The standard InChI is InChI=1S/C11H20O2/c1-4-5-6-7-10(9(2)12)11(3)8-13-11/h10H,4-8H2,1-3H3. The molecule has 2 atom stereocenters. The van der Waals surface area contributed by atoms with Crippen molar-refractivity contribution in [2.24, 2.45) is 5.92 Å². The smallest absolute Gasteiger partial charge is 0.135 e. The second kappa shape index (κ2) is 4.23. The van der Waals surface area contributed by atoms with Crippen LogP contribution in [-0.2, 0) is 9.53 Å². The molecule has 76 valence electrons. The molecule has 0 radical (unpaired) electrons. The van der Waals surface area contributed by atoms with Gasteiger partial charge in [-0.25, -0.2) is 0 Å². The molecule has 2 nitrogen and oxygen atoms in total. The van der Waals surface area contributed by atoms with Crippen LogP contribution in [0.2, 0.25) is 0 Å². The summed E-state index contributed by atoms with van der Waals surface area (Å²) in [5.41, 5.74) is -0.112. The molecule has 0 spiro atoms. The van der Waals surface area contributed by atoms with Crippen LogP contribution in [0.25, 0.3) is 0 Å². The number of hydrogen-bond acceptors (Lipinski definition) is 2. The van der Waals surface area contributed by atoms with Crippen molar-refractivity contribution in [2.75, 3.05) is 6.61 Å². The average Bonchev–Trinajstić information content (AvgIpc) is 2.77. The Morgan fingerprint density at radius 3 is 2.54 bits per heavy atom. The summed E-state index contributed by atoms with van der Waals surface area (Å²) in [5, 5.41) is 0. The Kier molecular flexibility index (Phi) is 3.48. The number of carbonyl (C=O) groups excluding carboxylic acids is 1. The summed E-state index contributed by atoms with van der Waals surface area (Å²) in [6.45, 7) is 6.68. The maximum absolute atomic E-state index is 11.3. The van der Waals surface area contributed by atoms with Crippen LogP contribution in [0.1, 0.15) is 46.5 Å². The highest BCUT2D eigenvalue weighted by Crippen LogP contribution is 2.38. The first-order valence-corrected chi connectivity index (χ1v) is 5.24. The number of ether oxygens (including phenoxy) is 1. The molecule has 0 aromatic heterocycles. The van der Waals surface area contributed by atoms with Gasteiger partial charge in [-0.05, 0) is 20.3 Å². The number of ketones is 1. The van der Waals surface area contributed by atoms with Crippen LogP contribution < -0.4 is 0 Å². The van der Waals surface area contributed by atoms with Gasteiger partial charge >= 0.3 is 0 Å². The van der Waals surface area contributed by atoms with Crippen LogP contribution in [0, 0.1) is 5.92 Å². The van der Waals surface area contributed by atoms with Crippen molar-refractivity contribution in [2.45, 2.75) is 52.1 Å². The lowest BCUT2D eigenvalue weighted by molar-refractivity contribution is -0.122. The van der Waals surface area contributed by atoms with Gasteiger partial charge in [-0.2, -0.15) is 0 Å². The molecule has 0 aromatic rings. The van der Waals surface area contributed by atoms with Crippen LogP contribution in [0.3, 0.4) is 0 Å². The molecule has 1 rings (SSSR count). The van der Waals surface area contributed by atoms with Crippen LogP contribution in [0.4, 0.5) is 0 Å². The number of hydrogen-bond donors (Lipinski definition) is 0. The lowest BCUT2D eigenvalue weighted by Gasteiger charge is -2.17. The summed E-state index contributed by atoms with van der Waals surface area (Å²) >= 11 is 0. The van der Waals surface area contributed by atoms with Crippen molar-refractivity contribution >= 4 is 5.78 Å². The number of carbonyl (C=O) groups is 1. The zero-order chi connectivity index (χ0) is 9.90. The van der Waals surface area contributed by atoms with Crippen molar-refractivity contribution in [1.29, 1.82) is 0 Å². The number of Topliss-reactive ketones (excluding diaryl/α,β-unsaturated/α-hetero) is 1. The molecule has 0 aliphatic carbocycles. The SMILES string of the molecule is CCCCCC(C(C)=O)C1(C)CO1. The summed E-state index contributed by atoms with van der Waals surface area (Å²) < 4.78 is 5.33. The Morgan fingerprint density at radius 1 is 1.54 bits per heavy atom. The lowest BCUT2D eigenvalue weighted by atomic mass is 9.86. The van der Waals surface area contributed by atoms with Crippen molar-refractivity contribution in [3.63, 3.8) is 0 Å². The lowest BCUT2D eigenvalue weighted by Crippen LogP contribution is -2.27. The molecule has 0 aromatic carbocycles. The van der Waals surface area contributed by atoms with E-state index in [1.165, 1.54) is 12.8 Å². The molecule has 0 amide bonds. The van der Waals surface area contributed by atoms with Crippen LogP contribution in [-0.4, -0.2) is 18.0 Å². The van der Waals surface area contributed by atoms with E-state index in [9.17, 15) is 4.79 Å². The Balaban J connectivity index is 2.35. The van der Waals surface area contributed by atoms with Gasteiger partial charge in [-0.15, -0.1) is 0 Å². The second-order valence-electron chi connectivity index (χ2n) is 4.26. The molecule has 1 aliphatic heterocycles. The van der Waals surface area contributed by atoms with Crippen LogP contribution >= 0.6 is 0 Å². The summed E-state index contributed by atoms with van der Waals surface area (Å²) in [4.78, 5) is 11.3. The monoisotopic (exact) mass is 184 g/mol. The minimum atomic E-state index is -0.112. The molecular weight excluding hydrogens is 164 g/mol. The molecule has 1 heterocycles. The van der Waals surface area contributed by atoms with E-state index in [4.69, 9.17) is 4.74 Å². The van der Waals surface area contributed by atoms with Crippen molar-refractivity contribution in [3.05, 3.63) is 0 Å². The van der Waals surface area contributed by atoms with Crippen molar-refractivity contribution < 1.29 is 9.53 Å². The van der Waals surface area contributed by atoms with Gasteiger partial charge in [-0.1, -0.05) is 26.2 Å². The third-order valence-electron chi connectivity index (χ3n) is 2.92. The van der Waals surface area contributed by atoms with E-state index in [2.05, 4.69) is 6.92 Å². The molecule has 13 heavy (non-hydrogen) atoms. The molecule has 0 bridgehead atoms. The molecule has 0 N–H and O–H groups in total. The molecule has 2 unspecified atom stereocenters. The molecule has 1 fully saturated rings. The molecular formula is C11H20O2. The maximum atomic E-state index is 11.3.